The van der Waals surface area contributed by atoms with E-state index in [1.165, 1.54) is 0 Å². The van der Waals surface area contributed by atoms with Crippen molar-refractivity contribution in [2.24, 2.45) is 5.92 Å². The predicted octanol–water partition coefficient (Wildman–Crippen LogP) is 3.03. The molecule has 0 aliphatic carbocycles. The molecule has 198 valence electrons. The van der Waals surface area contributed by atoms with Crippen molar-refractivity contribution in [1.82, 2.24) is 5.32 Å². The zero-order chi connectivity index (χ0) is 25.9. The number of anilines is 1. The maximum Gasteiger partial charge on any atom is 0.230 e. The molecule has 2 fully saturated rings. The molecule has 2 bridgehead atoms. The maximum atomic E-state index is 13.9. The third kappa shape index (κ3) is 5.76. The van der Waals surface area contributed by atoms with Crippen LogP contribution in [-0.2, 0) is 25.6 Å². The number of hydrogen-bond acceptors (Lipinski definition) is 6. The SMILES string of the molecule is O=C(C[C@@H]1C[C@@H]2c3cc(ccc3OC3CCOCC3)NC(=O)[C@@H]2[C@H](CO)O1)NCc1cc(F)ccc1F. The Morgan fingerprint density at radius 1 is 1.16 bits per heavy atom. The van der Waals surface area contributed by atoms with Crippen LogP contribution in [0.15, 0.2) is 36.4 Å². The number of carbonyl (C=O) groups is 2. The summed E-state index contributed by atoms with van der Waals surface area (Å²) in [7, 11) is 0. The normalized spacial score (nSPS) is 25.5. The van der Waals surface area contributed by atoms with Gasteiger partial charge in [0, 0.05) is 42.1 Å². The molecular formula is C27H30F2N2O6. The quantitative estimate of drug-likeness (QED) is 0.523. The highest BCUT2D eigenvalue weighted by Crippen LogP contribution is 2.46. The van der Waals surface area contributed by atoms with Crippen LogP contribution < -0.4 is 15.4 Å². The van der Waals surface area contributed by atoms with Crippen LogP contribution in [0.2, 0.25) is 0 Å². The third-order valence-corrected chi connectivity index (χ3v) is 7.24. The van der Waals surface area contributed by atoms with Crippen LogP contribution in [0, 0.1) is 17.6 Å². The van der Waals surface area contributed by atoms with Gasteiger partial charge in [0.2, 0.25) is 11.8 Å². The van der Waals surface area contributed by atoms with Gasteiger partial charge >= 0.3 is 0 Å². The van der Waals surface area contributed by atoms with Crippen molar-refractivity contribution in [2.45, 2.75) is 56.5 Å². The average molecular weight is 517 g/mol. The summed E-state index contributed by atoms with van der Waals surface area (Å²) in [6.07, 6.45) is 0.411. The van der Waals surface area contributed by atoms with Crippen molar-refractivity contribution >= 4 is 17.5 Å². The van der Waals surface area contributed by atoms with Gasteiger partial charge in [0.25, 0.3) is 0 Å². The minimum absolute atomic E-state index is 0.000475. The topological polar surface area (TPSA) is 106 Å². The van der Waals surface area contributed by atoms with E-state index in [1.54, 1.807) is 6.07 Å². The second-order valence-corrected chi connectivity index (χ2v) is 9.74. The Bertz CT molecular complexity index is 1160. The molecule has 37 heavy (non-hydrogen) atoms. The molecule has 3 N–H and O–H groups in total. The van der Waals surface area contributed by atoms with Gasteiger partial charge in [-0.15, -0.1) is 0 Å². The fraction of sp³-hybridized carbons (Fsp3) is 0.481. The Balaban J connectivity index is 1.33. The minimum Gasteiger partial charge on any atom is -0.490 e. The van der Waals surface area contributed by atoms with E-state index < -0.39 is 42.3 Å². The van der Waals surface area contributed by atoms with E-state index in [2.05, 4.69) is 10.6 Å². The third-order valence-electron chi connectivity index (χ3n) is 7.24. The molecule has 2 aromatic rings. The van der Waals surface area contributed by atoms with Crippen LogP contribution in [-0.4, -0.2) is 55.1 Å². The molecule has 4 atom stereocenters. The molecule has 0 saturated carbocycles. The van der Waals surface area contributed by atoms with Crippen molar-refractivity contribution in [3.63, 3.8) is 0 Å². The summed E-state index contributed by atoms with van der Waals surface area (Å²) in [4.78, 5) is 25.8. The van der Waals surface area contributed by atoms with Gasteiger partial charge in [-0.3, -0.25) is 9.59 Å². The van der Waals surface area contributed by atoms with Crippen LogP contribution in [0.3, 0.4) is 0 Å². The molecule has 3 aliphatic heterocycles. The van der Waals surface area contributed by atoms with Gasteiger partial charge in [-0.25, -0.2) is 8.78 Å². The lowest BCUT2D eigenvalue weighted by atomic mass is 9.76. The lowest BCUT2D eigenvalue weighted by Crippen LogP contribution is -2.48. The van der Waals surface area contributed by atoms with Crippen molar-refractivity contribution in [1.29, 1.82) is 0 Å². The lowest BCUT2D eigenvalue weighted by molar-refractivity contribution is -0.148. The van der Waals surface area contributed by atoms with Crippen LogP contribution in [0.4, 0.5) is 14.5 Å². The number of fused-ring (bicyclic) bond motifs is 4. The Labute approximate surface area is 213 Å². The summed E-state index contributed by atoms with van der Waals surface area (Å²) in [6, 6.07) is 8.59. The molecule has 0 unspecified atom stereocenters. The first-order valence-corrected chi connectivity index (χ1v) is 12.6. The first-order valence-electron chi connectivity index (χ1n) is 12.6. The molecule has 0 aromatic heterocycles. The van der Waals surface area contributed by atoms with Crippen molar-refractivity contribution < 1.29 is 37.7 Å². The number of halogens is 2. The van der Waals surface area contributed by atoms with Crippen LogP contribution in [0.5, 0.6) is 5.75 Å². The van der Waals surface area contributed by atoms with Gasteiger partial charge in [-0.05, 0) is 42.8 Å². The first kappa shape index (κ1) is 25.6. The predicted molar refractivity (Wildman–Crippen MR) is 129 cm³/mol. The monoisotopic (exact) mass is 516 g/mol. The van der Waals surface area contributed by atoms with E-state index in [9.17, 15) is 23.5 Å². The Morgan fingerprint density at radius 2 is 1.97 bits per heavy atom. The van der Waals surface area contributed by atoms with Gasteiger partial charge in [0.1, 0.15) is 23.5 Å². The molecule has 0 radical (unpaired) electrons. The molecule has 0 spiro atoms. The Kier molecular flexibility index (Phi) is 7.68. The average Bonchev–Trinajstić information content (AvgIpc) is 3.00. The highest BCUT2D eigenvalue weighted by molar-refractivity contribution is 5.95. The van der Waals surface area contributed by atoms with E-state index in [1.807, 2.05) is 12.1 Å². The van der Waals surface area contributed by atoms with E-state index in [0.29, 0.717) is 31.1 Å². The van der Waals surface area contributed by atoms with Gasteiger partial charge in [0.05, 0.1) is 44.4 Å². The summed E-state index contributed by atoms with van der Waals surface area (Å²) in [5.74, 6) is -2.21. The number of carbonyl (C=O) groups excluding carboxylic acids is 2. The minimum atomic E-state index is -0.817. The van der Waals surface area contributed by atoms with Gasteiger partial charge in [-0.1, -0.05) is 0 Å². The fourth-order valence-corrected chi connectivity index (χ4v) is 5.41. The number of benzene rings is 2. The molecule has 5 rings (SSSR count). The number of rotatable bonds is 7. The molecule has 2 aromatic carbocycles. The summed E-state index contributed by atoms with van der Waals surface area (Å²) in [6.45, 7) is 0.689. The maximum absolute atomic E-state index is 13.9. The molecule has 3 aliphatic rings. The second-order valence-electron chi connectivity index (χ2n) is 9.74. The molecule has 3 heterocycles. The molecular weight excluding hydrogens is 486 g/mol. The molecule has 8 nitrogen and oxygen atoms in total. The van der Waals surface area contributed by atoms with Crippen LogP contribution in [0.1, 0.15) is 42.7 Å². The van der Waals surface area contributed by atoms with E-state index >= 15 is 0 Å². The number of amides is 2. The van der Waals surface area contributed by atoms with E-state index in [4.69, 9.17) is 14.2 Å². The smallest absolute Gasteiger partial charge is 0.230 e. The fourth-order valence-electron chi connectivity index (χ4n) is 5.41. The number of hydrogen-bond donors (Lipinski definition) is 3. The number of aliphatic hydroxyl groups excluding tert-OH is 1. The first-order chi connectivity index (χ1) is 17.9. The van der Waals surface area contributed by atoms with Gasteiger partial charge in [0.15, 0.2) is 0 Å². The number of ether oxygens (including phenoxy) is 3. The number of nitrogens with one attached hydrogen (secondary N) is 2. The van der Waals surface area contributed by atoms with Crippen molar-refractivity contribution in [3.8, 4) is 5.75 Å². The zero-order valence-electron chi connectivity index (χ0n) is 20.3. The number of aliphatic hydroxyl groups is 1. The van der Waals surface area contributed by atoms with Crippen molar-refractivity contribution in [3.05, 3.63) is 59.2 Å². The summed E-state index contributed by atoms with van der Waals surface area (Å²) < 4.78 is 45.1. The Hall–Kier alpha value is -3.08. The lowest BCUT2D eigenvalue weighted by Gasteiger charge is -2.40. The zero-order valence-corrected chi connectivity index (χ0v) is 20.3. The summed E-state index contributed by atoms with van der Waals surface area (Å²) >= 11 is 0. The van der Waals surface area contributed by atoms with E-state index in [0.717, 1.165) is 36.6 Å². The van der Waals surface area contributed by atoms with E-state index in [-0.39, 0.29) is 36.5 Å². The highest BCUT2D eigenvalue weighted by Gasteiger charge is 2.46. The van der Waals surface area contributed by atoms with Crippen LogP contribution >= 0.6 is 0 Å². The van der Waals surface area contributed by atoms with Crippen LogP contribution in [0.25, 0.3) is 0 Å². The molecule has 2 saturated heterocycles. The highest BCUT2D eigenvalue weighted by atomic mass is 19.1. The van der Waals surface area contributed by atoms with Gasteiger partial charge in [-0.2, -0.15) is 0 Å². The van der Waals surface area contributed by atoms with Crippen molar-refractivity contribution in [2.75, 3.05) is 25.1 Å². The molecule has 10 heteroatoms. The van der Waals surface area contributed by atoms with Gasteiger partial charge < -0.3 is 30.0 Å². The molecule has 2 amide bonds. The Morgan fingerprint density at radius 3 is 2.76 bits per heavy atom. The largest absolute Gasteiger partial charge is 0.490 e. The summed E-state index contributed by atoms with van der Waals surface area (Å²) in [5.41, 5.74) is 1.51. The summed E-state index contributed by atoms with van der Waals surface area (Å²) in [5, 5.41) is 15.6. The second kappa shape index (κ2) is 11.1. The standard InChI is InChI=1S/C27H30F2N2O6/c28-16-1-3-22(29)15(9-16)13-30-25(33)12-19-11-21-20-10-17(31-27(34)26(21)24(14-32)37-19)2-4-23(20)36-18-5-7-35-8-6-18/h1-4,9-10,18-19,21,24,26,32H,5-8,11-14H2,(H,30,33)(H,31,34)/t19-,21+,24-,26-/m0/s1.